The Bertz CT molecular complexity index is 326. The van der Waals surface area contributed by atoms with Gasteiger partial charge in [0.1, 0.15) is 5.69 Å². The van der Waals surface area contributed by atoms with Gasteiger partial charge < -0.3 is 10.4 Å². The van der Waals surface area contributed by atoms with Crippen LogP contribution in [0, 0.1) is 0 Å². The van der Waals surface area contributed by atoms with Crippen LogP contribution in [0.4, 0.5) is 0 Å². The molecule has 82 valence electrons. The van der Waals surface area contributed by atoms with E-state index in [2.05, 4.69) is 10.3 Å². The summed E-state index contributed by atoms with van der Waals surface area (Å²) in [5, 5.41) is 14.2. The highest BCUT2D eigenvalue weighted by Gasteiger charge is 2.25. The number of carbonyl (C=O) groups is 1. The van der Waals surface area contributed by atoms with Crippen molar-refractivity contribution >= 4 is 17.2 Å². The van der Waals surface area contributed by atoms with Gasteiger partial charge in [0.25, 0.3) is 5.91 Å². The van der Waals surface area contributed by atoms with Gasteiger partial charge in [-0.25, -0.2) is 4.98 Å². The minimum atomic E-state index is -0.402. The van der Waals surface area contributed by atoms with E-state index in [4.69, 9.17) is 0 Å². The van der Waals surface area contributed by atoms with E-state index in [-0.39, 0.29) is 11.9 Å². The molecule has 0 radical (unpaired) electrons. The monoisotopic (exact) mass is 226 g/mol. The molecular weight excluding hydrogens is 212 g/mol. The van der Waals surface area contributed by atoms with E-state index in [0.29, 0.717) is 5.69 Å². The van der Waals surface area contributed by atoms with Gasteiger partial charge in [-0.2, -0.15) is 0 Å². The van der Waals surface area contributed by atoms with E-state index in [1.807, 2.05) is 0 Å². The molecule has 0 aromatic carbocycles. The number of rotatable bonds is 2. The third-order valence-electron chi connectivity index (χ3n) is 2.71. The van der Waals surface area contributed by atoms with E-state index >= 15 is 0 Å². The molecule has 2 N–H and O–H groups in total. The summed E-state index contributed by atoms with van der Waals surface area (Å²) in [6.07, 6.45) is 3.35. The third kappa shape index (κ3) is 2.54. The lowest BCUT2D eigenvalue weighted by Gasteiger charge is -2.27. The molecule has 0 aliphatic heterocycles. The molecule has 0 unspecified atom stereocenters. The van der Waals surface area contributed by atoms with Gasteiger partial charge in [0, 0.05) is 5.38 Å². The summed E-state index contributed by atoms with van der Waals surface area (Å²) in [6.45, 7) is 0. The second kappa shape index (κ2) is 4.72. The Morgan fingerprint density at radius 3 is 3.00 bits per heavy atom. The number of hydrogen-bond acceptors (Lipinski definition) is 4. The van der Waals surface area contributed by atoms with E-state index in [0.717, 1.165) is 25.7 Å². The number of aromatic nitrogens is 1. The van der Waals surface area contributed by atoms with Crippen LogP contribution >= 0.6 is 11.3 Å². The molecule has 0 spiro atoms. The molecule has 1 aliphatic rings. The van der Waals surface area contributed by atoms with E-state index in [1.54, 1.807) is 10.9 Å². The molecule has 1 aliphatic carbocycles. The molecule has 2 rings (SSSR count). The number of thiazole rings is 1. The second-order valence-corrected chi connectivity index (χ2v) is 4.52. The van der Waals surface area contributed by atoms with Crippen molar-refractivity contribution in [1.29, 1.82) is 0 Å². The van der Waals surface area contributed by atoms with Crippen LogP contribution in [0.15, 0.2) is 10.9 Å². The Hall–Kier alpha value is -0.940. The maximum atomic E-state index is 11.6. The minimum Gasteiger partial charge on any atom is -0.391 e. The summed E-state index contributed by atoms with van der Waals surface area (Å²) in [5.74, 6) is -0.179. The van der Waals surface area contributed by atoms with Crippen molar-refractivity contribution in [1.82, 2.24) is 10.3 Å². The van der Waals surface area contributed by atoms with Crippen LogP contribution in [0.1, 0.15) is 36.2 Å². The summed E-state index contributed by atoms with van der Waals surface area (Å²) in [7, 11) is 0. The van der Waals surface area contributed by atoms with E-state index in [9.17, 15) is 9.90 Å². The molecule has 1 fully saturated rings. The molecule has 0 bridgehead atoms. The number of aliphatic hydroxyl groups is 1. The van der Waals surface area contributed by atoms with Crippen molar-refractivity contribution in [3.8, 4) is 0 Å². The van der Waals surface area contributed by atoms with Crippen molar-refractivity contribution in [2.75, 3.05) is 0 Å². The van der Waals surface area contributed by atoms with E-state index < -0.39 is 6.10 Å². The highest BCUT2D eigenvalue weighted by Crippen LogP contribution is 2.18. The minimum absolute atomic E-state index is 0.104. The van der Waals surface area contributed by atoms with Gasteiger partial charge in [-0.05, 0) is 12.8 Å². The Morgan fingerprint density at radius 1 is 1.53 bits per heavy atom. The zero-order valence-electron chi connectivity index (χ0n) is 8.35. The van der Waals surface area contributed by atoms with Gasteiger partial charge in [0.2, 0.25) is 0 Å². The fraction of sp³-hybridized carbons (Fsp3) is 0.600. The van der Waals surface area contributed by atoms with Crippen molar-refractivity contribution < 1.29 is 9.90 Å². The standard InChI is InChI=1S/C10H14N2O2S/c13-9-4-2-1-3-7(9)12-10(14)8-5-15-6-11-8/h5-7,9,13H,1-4H2,(H,12,14)/t7-,9-/m0/s1. The van der Waals surface area contributed by atoms with Crippen LogP contribution < -0.4 is 5.32 Å². The number of amides is 1. The van der Waals surface area contributed by atoms with Gasteiger partial charge >= 0.3 is 0 Å². The van der Waals surface area contributed by atoms with Crippen LogP contribution in [0.3, 0.4) is 0 Å². The predicted molar refractivity (Wildman–Crippen MR) is 57.8 cm³/mol. The normalized spacial score (nSPS) is 26.2. The Balaban J connectivity index is 1.93. The zero-order chi connectivity index (χ0) is 10.7. The first-order valence-electron chi connectivity index (χ1n) is 5.14. The highest BCUT2D eigenvalue weighted by atomic mass is 32.1. The second-order valence-electron chi connectivity index (χ2n) is 3.81. The predicted octanol–water partition coefficient (Wildman–Crippen LogP) is 1.18. The maximum Gasteiger partial charge on any atom is 0.271 e. The fourth-order valence-corrected chi connectivity index (χ4v) is 2.38. The van der Waals surface area contributed by atoms with Crippen LogP contribution in [-0.4, -0.2) is 28.1 Å². The summed E-state index contributed by atoms with van der Waals surface area (Å²) in [5.41, 5.74) is 2.07. The topological polar surface area (TPSA) is 62.2 Å². The smallest absolute Gasteiger partial charge is 0.271 e. The van der Waals surface area contributed by atoms with Crippen molar-refractivity contribution in [2.24, 2.45) is 0 Å². The molecule has 0 saturated heterocycles. The molecule has 5 heteroatoms. The van der Waals surface area contributed by atoms with Crippen molar-refractivity contribution in [3.05, 3.63) is 16.6 Å². The lowest BCUT2D eigenvalue weighted by Crippen LogP contribution is -2.45. The summed E-state index contributed by atoms with van der Waals surface area (Å²) >= 11 is 1.40. The first-order valence-corrected chi connectivity index (χ1v) is 6.09. The molecule has 15 heavy (non-hydrogen) atoms. The van der Waals surface area contributed by atoms with Crippen LogP contribution in [0.2, 0.25) is 0 Å². The Morgan fingerprint density at radius 2 is 2.33 bits per heavy atom. The maximum absolute atomic E-state index is 11.6. The first kappa shape index (κ1) is 10.6. The Labute approximate surface area is 92.3 Å². The lowest BCUT2D eigenvalue weighted by molar-refractivity contribution is 0.0714. The molecule has 1 aromatic rings. The SMILES string of the molecule is O=C(N[C@H]1CCCC[C@@H]1O)c1cscn1. The van der Waals surface area contributed by atoms with Crippen LogP contribution in [0.25, 0.3) is 0 Å². The third-order valence-corrected chi connectivity index (χ3v) is 3.30. The number of hydrogen-bond donors (Lipinski definition) is 2. The number of carbonyl (C=O) groups excluding carboxylic acids is 1. The average Bonchev–Trinajstić information content (AvgIpc) is 2.74. The fourth-order valence-electron chi connectivity index (χ4n) is 1.85. The van der Waals surface area contributed by atoms with Crippen LogP contribution in [-0.2, 0) is 0 Å². The lowest BCUT2D eigenvalue weighted by atomic mass is 9.92. The Kier molecular flexibility index (Phi) is 3.33. The van der Waals surface area contributed by atoms with Gasteiger partial charge in [-0.3, -0.25) is 4.79 Å². The molecule has 1 heterocycles. The molecular formula is C10H14N2O2S. The summed E-state index contributed by atoms with van der Waals surface area (Å²) < 4.78 is 0. The molecule has 2 atom stereocenters. The average molecular weight is 226 g/mol. The van der Waals surface area contributed by atoms with Crippen molar-refractivity contribution in [2.45, 2.75) is 37.8 Å². The molecule has 4 nitrogen and oxygen atoms in total. The summed E-state index contributed by atoms with van der Waals surface area (Å²) in [4.78, 5) is 15.6. The van der Waals surface area contributed by atoms with Gasteiger partial charge in [-0.1, -0.05) is 12.8 Å². The number of nitrogens with one attached hydrogen (secondary N) is 1. The van der Waals surface area contributed by atoms with Crippen LogP contribution in [0.5, 0.6) is 0 Å². The highest BCUT2D eigenvalue weighted by molar-refractivity contribution is 7.07. The first-order chi connectivity index (χ1) is 7.27. The zero-order valence-corrected chi connectivity index (χ0v) is 9.17. The largest absolute Gasteiger partial charge is 0.391 e. The number of nitrogens with zero attached hydrogens (tertiary/aromatic N) is 1. The summed E-state index contributed by atoms with van der Waals surface area (Å²) in [6, 6.07) is -0.104. The van der Waals surface area contributed by atoms with Gasteiger partial charge in [0.15, 0.2) is 0 Å². The van der Waals surface area contributed by atoms with Gasteiger partial charge in [0.05, 0.1) is 17.7 Å². The van der Waals surface area contributed by atoms with E-state index in [1.165, 1.54) is 11.3 Å². The number of aliphatic hydroxyl groups excluding tert-OH is 1. The molecule has 1 saturated carbocycles. The van der Waals surface area contributed by atoms with Gasteiger partial charge in [-0.15, -0.1) is 11.3 Å². The quantitative estimate of drug-likeness (QED) is 0.796. The molecule has 1 aromatic heterocycles. The molecule has 1 amide bonds. The van der Waals surface area contributed by atoms with Crippen molar-refractivity contribution in [3.63, 3.8) is 0 Å².